The first-order valence-electron chi connectivity index (χ1n) is 11.3. The molecule has 0 unspecified atom stereocenters. The largest absolute Gasteiger partial charge is 0.321 e. The summed E-state index contributed by atoms with van der Waals surface area (Å²) in [4.78, 5) is 25.4. The zero-order chi connectivity index (χ0) is 23.7. The number of anilines is 2. The molecule has 0 aliphatic heterocycles. The van der Waals surface area contributed by atoms with Gasteiger partial charge in [0, 0.05) is 23.4 Å². The lowest BCUT2D eigenvalue weighted by Gasteiger charge is -2.08. The van der Waals surface area contributed by atoms with E-state index in [1.54, 1.807) is 10.7 Å². The van der Waals surface area contributed by atoms with Crippen LogP contribution in [0.4, 0.5) is 11.5 Å². The summed E-state index contributed by atoms with van der Waals surface area (Å²) >= 11 is 0. The molecule has 1 fully saturated rings. The van der Waals surface area contributed by atoms with E-state index in [0.717, 1.165) is 35.5 Å². The van der Waals surface area contributed by atoms with E-state index in [4.69, 9.17) is 0 Å². The first-order valence-corrected chi connectivity index (χ1v) is 11.3. The number of carbonyl (C=O) groups is 2. The second kappa shape index (κ2) is 8.97. The second-order valence-corrected chi connectivity index (χ2v) is 8.66. The van der Waals surface area contributed by atoms with Crippen molar-refractivity contribution in [1.29, 1.82) is 0 Å². The number of hydrogen-bond acceptors (Lipinski definition) is 4. The van der Waals surface area contributed by atoms with E-state index in [2.05, 4.69) is 20.8 Å². The molecule has 0 bridgehead atoms. The van der Waals surface area contributed by atoms with Crippen molar-refractivity contribution in [3.8, 4) is 5.69 Å². The van der Waals surface area contributed by atoms with Crippen LogP contribution >= 0.6 is 0 Å². The molecule has 0 atom stereocenters. The van der Waals surface area contributed by atoms with Gasteiger partial charge in [0.15, 0.2) is 5.69 Å². The number of hydrogen-bond donors (Lipinski definition) is 2. The van der Waals surface area contributed by atoms with Crippen LogP contribution in [0.1, 0.15) is 40.3 Å². The molecule has 8 nitrogen and oxygen atoms in total. The monoisotopic (exact) mass is 454 g/mol. The van der Waals surface area contributed by atoms with Gasteiger partial charge < -0.3 is 10.6 Å². The molecule has 0 saturated heterocycles. The summed E-state index contributed by atoms with van der Waals surface area (Å²) in [7, 11) is 0. The summed E-state index contributed by atoms with van der Waals surface area (Å²) in [6.45, 7) is 4.60. The maximum Gasteiger partial charge on any atom is 0.276 e. The minimum atomic E-state index is -0.347. The molecule has 2 N–H and O–H groups in total. The fraction of sp³-hybridized carbons (Fsp3) is 0.231. The fourth-order valence-electron chi connectivity index (χ4n) is 3.87. The Bertz CT molecular complexity index is 1350. The number of benzene rings is 2. The molecule has 172 valence electrons. The molecule has 1 aliphatic carbocycles. The molecule has 1 aliphatic rings. The number of para-hydroxylation sites is 1. The highest BCUT2D eigenvalue weighted by Crippen LogP contribution is 2.30. The molecular weight excluding hydrogens is 428 g/mol. The third kappa shape index (κ3) is 4.76. The van der Waals surface area contributed by atoms with Crippen molar-refractivity contribution in [3.63, 3.8) is 0 Å². The Morgan fingerprint density at radius 2 is 1.74 bits per heavy atom. The van der Waals surface area contributed by atoms with Crippen molar-refractivity contribution in [3.05, 3.63) is 89.4 Å². The summed E-state index contributed by atoms with van der Waals surface area (Å²) in [5.74, 6) is 0.133. The Kier molecular flexibility index (Phi) is 5.71. The van der Waals surface area contributed by atoms with E-state index in [0.29, 0.717) is 18.1 Å². The first-order chi connectivity index (χ1) is 16.5. The molecule has 34 heavy (non-hydrogen) atoms. The van der Waals surface area contributed by atoms with Crippen LogP contribution in [-0.4, -0.2) is 31.4 Å². The highest BCUT2D eigenvalue weighted by atomic mass is 16.2. The average molecular weight is 455 g/mol. The highest BCUT2D eigenvalue weighted by molar-refractivity contribution is 6.04. The SMILES string of the molecule is Cc1cc(C)n(Cc2cccc(NC(=O)c3cc(NC(=O)C4CC4)n(-c4ccccc4)n3)c2)n1. The maximum absolute atomic E-state index is 13.1. The van der Waals surface area contributed by atoms with Crippen LogP contribution in [0.3, 0.4) is 0 Å². The third-order valence-corrected chi connectivity index (χ3v) is 5.76. The lowest BCUT2D eigenvalue weighted by Crippen LogP contribution is -2.16. The van der Waals surface area contributed by atoms with E-state index in [-0.39, 0.29) is 23.4 Å². The van der Waals surface area contributed by atoms with E-state index in [1.807, 2.05) is 79.2 Å². The van der Waals surface area contributed by atoms with Crippen LogP contribution < -0.4 is 10.6 Å². The van der Waals surface area contributed by atoms with Crippen molar-refractivity contribution >= 4 is 23.3 Å². The second-order valence-electron chi connectivity index (χ2n) is 8.66. The zero-order valence-corrected chi connectivity index (χ0v) is 19.2. The van der Waals surface area contributed by atoms with Gasteiger partial charge in [0.05, 0.1) is 17.9 Å². The van der Waals surface area contributed by atoms with E-state index in [9.17, 15) is 9.59 Å². The molecule has 2 amide bonds. The number of amides is 2. The zero-order valence-electron chi connectivity index (χ0n) is 19.2. The number of rotatable bonds is 7. The molecule has 4 aromatic rings. The predicted octanol–water partition coefficient (Wildman–Crippen LogP) is 4.33. The van der Waals surface area contributed by atoms with Gasteiger partial charge in [-0.25, -0.2) is 4.68 Å². The fourth-order valence-corrected chi connectivity index (χ4v) is 3.87. The quantitative estimate of drug-likeness (QED) is 0.435. The van der Waals surface area contributed by atoms with Gasteiger partial charge >= 0.3 is 0 Å². The summed E-state index contributed by atoms with van der Waals surface area (Å²) in [6, 6.07) is 20.8. The predicted molar refractivity (Wildman–Crippen MR) is 130 cm³/mol. The molecule has 0 radical (unpaired) electrons. The Morgan fingerprint density at radius 1 is 0.941 bits per heavy atom. The topological polar surface area (TPSA) is 93.8 Å². The van der Waals surface area contributed by atoms with Gasteiger partial charge in [-0.3, -0.25) is 14.3 Å². The summed E-state index contributed by atoms with van der Waals surface area (Å²) in [6.07, 6.45) is 1.79. The molecule has 2 heterocycles. The maximum atomic E-state index is 13.1. The minimum absolute atomic E-state index is 0.0408. The summed E-state index contributed by atoms with van der Waals surface area (Å²) < 4.78 is 3.53. The number of carbonyl (C=O) groups excluding carboxylic acids is 2. The molecule has 0 spiro atoms. The van der Waals surface area contributed by atoms with Gasteiger partial charge in [-0.1, -0.05) is 30.3 Å². The molecule has 5 rings (SSSR count). The minimum Gasteiger partial charge on any atom is -0.321 e. The van der Waals surface area contributed by atoms with Crippen molar-refractivity contribution in [1.82, 2.24) is 19.6 Å². The van der Waals surface area contributed by atoms with Crippen LogP contribution in [0.2, 0.25) is 0 Å². The molecular formula is C26H26N6O2. The van der Waals surface area contributed by atoms with Crippen LogP contribution in [0.15, 0.2) is 66.7 Å². The van der Waals surface area contributed by atoms with Crippen LogP contribution in [0.5, 0.6) is 0 Å². The Balaban J connectivity index is 1.36. The van der Waals surface area contributed by atoms with Crippen LogP contribution in [0.25, 0.3) is 5.69 Å². The van der Waals surface area contributed by atoms with E-state index >= 15 is 0 Å². The standard InChI is InChI=1S/C26H26N6O2/c1-17-13-18(2)31(29-17)16-19-7-6-8-21(14-19)27-26(34)23-15-24(28-25(33)20-11-12-20)32(30-23)22-9-4-3-5-10-22/h3-10,13-15,20H,11-12,16H2,1-2H3,(H,27,34)(H,28,33). The Morgan fingerprint density at radius 3 is 2.44 bits per heavy atom. The van der Waals surface area contributed by atoms with Crippen molar-refractivity contribution < 1.29 is 9.59 Å². The lowest BCUT2D eigenvalue weighted by atomic mass is 10.2. The number of nitrogens with zero attached hydrogens (tertiary/aromatic N) is 4. The first kappa shape index (κ1) is 21.6. The van der Waals surface area contributed by atoms with Gasteiger partial charge in [0.25, 0.3) is 5.91 Å². The number of nitrogens with one attached hydrogen (secondary N) is 2. The summed E-state index contributed by atoms with van der Waals surface area (Å²) in [5.41, 5.74) is 4.73. The van der Waals surface area contributed by atoms with Gasteiger partial charge in [-0.05, 0) is 62.6 Å². The smallest absolute Gasteiger partial charge is 0.276 e. The Hall–Kier alpha value is -4.20. The van der Waals surface area contributed by atoms with E-state index < -0.39 is 0 Å². The number of aromatic nitrogens is 4. The van der Waals surface area contributed by atoms with Crippen LogP contribution in [-0.2, 0) is 11.3 Å². The number of aryl methyl sites for hydroxylation is 2. The molecule has 8 heteroatoms. The lowest BCUT2D eigenvalue weighted by molar-refractivity contribution is -0.117. The van der Waals surface area contributed by atoms with Crippen LogP contribution in [0, 0.1) is 19.8 Å². The molecule has 1 saturated carbocycles. The normalized spacial score (nSPS) is 13.0. The van der Waals surface area contributed by atoms with Crippen molar-refractivity contribution in [2.75, 3.05) is 10.6 Å². The van der Waals surface area contributed by atoms with E-state index in [1.165, 1.54) is 0 Å². The Labute approximate surface area is 197 Å². The summed E-state index contributed by atoms with van der Waals surface area (Å²) in [5, 5.41) is 14.9. The molecule has 2 aromatic heterocycles. The van der Waals surface area contributed by atoms with Gasteiger partial charge in [0.1, 0.15) is 5.82 Å². The van der Waals surface area contributed by atoms with Gasteiger partial charge in [-0.2, -0.15) is 10.2 Å². The average Bonchev–Trinajstić information content (AvgIpc) is 3.52. The highest BCUT2D eigenvalue weighted by Gasteiger charge is 2.30. The van der Waals surface area contributed by atoms with Gasteiger partial charge in [-0.15, -0.1) is 0 Å². The van der Waals surface area contributed by atoms with Crippen molar-refractivity contribution in [2.45, 2.75) is 33.2 Å². The van der Waals surface area contributed by atoms with Crippen molar-refractivity contribution in [2.24, 2.45) is 5.92 Å². The third-order valence-electron chi connectivity index (χ3n) is 5.76. The molecule has 2 aromatic carbocycles. The van der Waals surface area contributed by atoms with Gasteiger partial charge in [0.2, 0.25) is 5.91 Å².